The Balaban J connectivity index is 1.57. The standard InChI is InChI=1S/C24H33F3N4O3/c1-14-10-19(20-12-30(15(2)13-33-20)22(32)34-23(3,4)5)31-21(28-14)11-18(29-31)16-6-8-17(9-7-16)24(25,26)27/h10-11,15-17,20H,6-9,12-13H2,1-5H3/t15-,16-,17-,20+/m1/s1. The number of hydrogen-bond donors (Lipinski definition) is 0. The van der Waals surface area contributed by atoms with Gasteiger partial charge in [0, 0.05) is 17.7 Å². The van der Waals surface area contributed by atoms with Gasteiger partial charge in [-0.15, -0.1) is 0 Å². The van der Waals surface area contributed by atoms with Gasteiger partial charge in [0.15, 0.2) is 5.65 Å². The summed E-state index contributed by atoms with van der Waals surface area (Å²) in [6.45, 7) is 9.94. The maximum atomic E-state index is 13.1. The molecule has 1 aliphatic heterocycles. The third-order valence-corrected chi connectivity index (χ3v) is 6.60. The average molecular weight is 483 g/mol. The lowest BCUT2D eigenvalue weighted by Gasteiger charge is -2.38. The van der Waals surface area contributed by atoms with Crippen molar-refractivity contribution in [3.05, 3.63) is 29.2 Å². The first kappa shape index (κ1) is 24.8. The molecule has 2 fully saturated rings. The number of carbonyl (C=O) groups excluding carboxylic acids is 1. The average Bonchev–Trinajstić information content (AvgIpc) is 3.15. The molecule has 0 N–H and O–H groups in total. The van der Waals surface area contributed by atoms with Gasteiger partial charge in [0.25, 0.3) is 0 Å². The first-order chi connectivity index (χ1) is 15.8. The number of ether oxygens (including phenoxy) is 2. The minimum absolute atomic E-state index is 0.0287. The molecule has 0 unspecified atom stereocenters. The van der Waals surface area contributed by atoms with Gasteiger partial charge in [-0.25, -0.2) is 14.3 Å². The summed E-state index contributed by atoms with van der Waals surface area (Å²) in [5, 5.41) is 4.75. The number of fused-ring (bicyclic) bond motifs is 1. The Bertz CT molecular complexity index is 1040. The summed E-state index contributed by atoms with van der Waals surface area (Å²) in [4.78, 5) is 19.0. The summed E-state index contributed by atoms with van der Waals surface area (Å²) in [6.07, 6.45) is -3.81. The minimum atomic E-state index is -4.13. The Morgan fingerprint density at radius 3 is 2.44 bits per heavy atom. The van der Waals surface area contributed by atoms with Gasteiger partial charge >= 0.3 is 12.3 Å². The zero-order chi connectivity index (χ0) is 24.8. The molecule has 1 aliphatic carbocycles. The lowest BCUT2D eigenvalue weighted by atomic mass is 9.80. The molecular weight excluding hydrogens is 449 g/mol. The monoisotopic (exact) mass is 482 g/mol. The Kier molecular flexibility index (Phi) is 6.56. The minimum Gasteiger partial charge on any atom is -0.444 e. The Morgan fingerprint density at radius 1 is 1.15 bits per heavy atom. The van der Waals surface area contributed by atoms with Crippen LogP contribution in [0, 0.1) is 12.8 Å². The molecule has 2 aliphatic rings. The van der Waals surface area contributed by atoms with E-state index in [1.54, 1.807) is 9.42 Å². The van der Waals surface area contributed by atoms with E-state index in [0.717, 1.165) is 17.1 Å². The number of halogens is 3. The third-order valence-electron chi connectivity index (χ3n) is 6.60. The molecule has 0 bridgehead atoms. The summed E-state index contributed by atoms with van der Waals surface area (Å²) in [7, 11) is 0. The summed E-state index contributed by atoms with van der Waals surface area (Å²) >= 11 is 0. The molecule has 2 aromatic heterocycles. The molecule has 7 nitrogen and oxygen atoms in total. The predicted molar refractivity (Wildman–Crippen MR) is 120 cm³/mol. The van der Waals surface area contributed by atoms with Gasteiger partial charge in [0.05, 0.1) is 36.5 Å². The number of aryl methyl sites for hydroxylation is 1. The molecule has 4 rings (SSSR count). The fourth-order valence-electron chi connectivity index (χ4n) is 4.80. The van der Waals surface area contributed by atoms with Crippen molar-refractivity contribution in [1.29, 1.82) is 0 Å². The van der Waals surface area contributed by atoms with E-state index >= 15 is 0 Å². The highest BCUT2D eigenvalue weighted by Gasteiger charge is 2.42. The van der Waals surface area contributed by atoms with Crippen molar-refractivity contribution in [3.8, 4) is 0 Å². The molecule has 0 aromatic carbocycles. The number of rotatable bonds is 2. The van der Waals surface area contributed by atoms with Crippen molar-refractivity contribution in [2.24, 2.45) is 5.92 Å². The van der Waals surface area contributed by atoms with E-state index in [0.29, 0.717) is 31.6 Å². The summed E-state index contributed by atoms with van der Waals surface area (Å²) in [6, 6.07) is 3.62. The normalized spacial score (nSPS) is 26.6. The topological polar surface area (TPSA) is 69.0 Å². The van der Waals surface area contributed by atoms with E-state index in [1.165, 1.54) is 0 Å². The number of aromatic nitrogens is 3. The van der Waals surface area contributed by atoms with Crippen molar-refractivity contribution >= 4 is 11.7 Å². The maximum Gasteiger partial charge on any atom is 0.410 e. The van der Waals surface area contributed by atoms with E-state index < -0.39 is 29.9 Å². The Labute approximate surface area is 197 Å². The van der Waals surface area contributed by atoms with Crippen LogP contribution in [0.4, 0.5) is 18.0 Å². The van der Waals surface area contributed by atoms with Crippen LogP contribution in [0.25, 0.3) is 5.65 Å². The van der Waals surface area contributed by atoms with Crippen molar-refractivity contribution in [3.63, 3.8) is 0 Å². The second-order valence-electron chi connectivity index (χ2n) is 10.6. The van der Waals surface area contributed by atoms with Gasteiger partial charge in [0.2, 0.25) is 0 Å². The van der Waals surface area contributed by atoms with Gasteiger partial charge in [-0.3, -0.25) is 0 Å². The largest absolute Gasteiger partial charge is 0.444 e. The second kappa shape index (κ2) is 9.02. The van der Waals surface area contributed by atoms with Crippen LogP contribution in [0.15, 0.2) is 12.1 Å². The number of carbonyl (C=O) groups is 1. The summed E-state index contributed by atoms with van der Waals surface area (Å²) in [5.74, 6) is -1.26. The maximum absolute atomic E-state index is 13.1. The zero-order valence-electron chi connectivity index (χ0n) is 20.4. The van der Waals surface area contributed by atoms with Crippen LogP contribution in [0.2, 0.25) is 0 Å². The molecule has 1 saturated heterocycles. The van der Waals surface area contributed by atoms with Crippen LogP contribution >= 0.6 is 0 Å². The summed E-state index contributed by atoms with van der Waals surface area (Å²) in [5.41, 5.74) is 2.33. The fourth-order valence-corrected chi connectivity index (χ4v) is 4.80. The number of nitrogens with zero attached hydrogens (tertiary/aromatic N) is 4. The van der Waals surface area contributed by atoms with Crippen LogP contribution in [-0.2, 0) is 9.47 Å². The highest BCUT2D eigenvalue weighted by atomic mass is 19.4. The van der Waals surface area contributed by atoms with Gasteiger partial charge in [-0.2, -0.15) is 18.3 Å². The van der Waals surface area contributed by atoms with Crippen molar-refractivity contribution in [1.82, 2.24) is 19.5 Å². The lowest BCUT2D eigenvalue weighted by molar-refractivity contribution is -0.182. The number of morpholine rings is 1. The Morgan fingerprint density at radius 2 is 1.82 bits per heavy atom. The van der Waals surface area contributed by atoms with Gasteiger partial charge in [-0.1, -0.05) is 0 Å². The van der Waals surface area contributed by atoms with Crippen LogP contribution in [0.3, 0.4) is 0 Å². The molecule has 188 valence electrons. The zero-order valence-corrected chi connectivity index (χ0v) is 20.4. The third kappa shape index (κ3) is 5.31. The molecule has 1 saturated carbocycles. The molecule has 2 atom stereocenters. The molecule has 3 heterocycles. The Hall–Kier alpha value is -2.36. The lowest BCUT2D eigenvalue weighted by Crippen LogP contribution is -2.50. The van der Waals surface area contributed by atoms with Gasteiger partial charge in [0.1, 0.15) is 11.7 Å². The quantitative estimate of drug-likeness (QED) is 0.560. The van der Waals surface area contributed by atoms with Gasteiger partial charge < -0.3 is 14.4 Å². The van der Waals surface area contributed by atoms with Crippen LogP contribution in [0.5, 0.6) is 0 Å². The van der Waals surface area contributed by atoms with E-state index in [-0.39, 0.29) is 24.8 Å². The molecule has 10 heteroatoms. The SMILES string of the molecule is Cc1cc([C@@H]2CN(C(=O)OC(C)(C)C)[C@H](C)CO2)n2nc([C@H]3CC[C@H](C(F)(F)F)CC3)cc2n1. The highest BCUT2D eigenvalue weighted by molar-refractivity contribution is 5.68. The molecule has 0 radical (unpaired) electrons. The molecular formula is C24H33F3N4O3. The second-order valence-corrected chi connectivity index (χ2v) is 10.6. The smallest absolute Gasteiger partial charge is 0.410 e. The molecule has 2 aromatic rings. The van der Waals surface area contributed by atoms with Crippen molar-refractivity contribution in [2.45, 2.75) is 90.1 Å². The fraction of sp³-hybridized carbons (Fsp3) is 0.708. The van der Waals surface area contributed by atoms with E-state index in [2.05, 4.69) is 4.98 Å². The van der Waals surface area contributed by atoms with E-state index in [1.807, 2.05) is 46.8 Å². The number of hydrogen-bond acceptors (Lipinski definition) is 5. The number of amides is 1. The van der Waals surface area contributed by atoms with Crippen molar-refractivity contribution in [2.75, 3.05) is 13.2 Å². The molecule has 34 heavy (non-hydrogen) atoms. The molecule has 0 spiro atoms. The van der Waals surface area contributed by atoms with Crippen LogP contribution in [0.1, 0.15) is 82.5 Å². The van der Waals surface area contributed by atoms with E-state index in [4.69, 9.17) is 14.6 Å². The van der Waals surface area contributed by atoms with Crippen LogP contribution < -0.4 is 0 Å². The molecule has 1 amide bonds. The number of alkyl halides is 3. The first-order valence-corrected chi connectivity index (χ1v) is 11.9. The van der Waals surface area contributed by atoms with Crippen molar-refractivity contribution < 1.29 is 27.4 Å². The summed E-state index contributed by atoms with van der Waals surface area (Å²) < 4.78 is 52.6. The predicted octanol–water partition coefficient (Wildman–Crippen LogP) is 5.57. The highest BCUT2D eigenvalue weighted by Crippen LogP contribution is 2.42. The van der Waals surface area contributed by atoms with Crippen LogP contribution in [-0.4, -0.2) is 56.6 Å². The first-order valence-electron chi connectivity index (χ1n) is 11.9. The van der Waals surface area contributed by atoms with Gasteiger partial charge in [-0.05, 0) is 66.4 Å². The van der Waals surface area contributed by atoms with E-state index in [9.17, 15) is 18.0 Å².